The summed E-state index contributed by atoms with van der Waals surface area (Å²) in [7, 11) is 0. The van der Waals surface area contributed by atoms with Crippen molar-refractivity contribution in [2.45, 2.75) is 0 Å². The van der Waals surface area contributed by atoms with Crippen LogP contribution in [0.5, 0.6) is 0 Å². The lowest BCUT2D eigenvalue weighted by molar-refractivity contribution is 1.18. The predicted octanol–water partition coefficient (Wildman–Crippen LogP) is 10.6. The van der Waals surface area contributed by atoms with Crippen molar-refractivity contribution in [3.05, 3.63) is 152 Å². The zero-order chi connectivity index (χ0) is 28.6. The third-order valence-corrected chi connectivity index (χ3v) is 8.98. The van der Waals surface area contributed by atoms with Crippen LogP contribution in [0.3, 0.4) is 0 Å². The van der Waals surface area contributed by atoms with Crippen LogP contribution in [0.2, 0.25) is 0 Å². The van der Waals surface area contributed by atoms with Crippen LogP contribution in [0.4, 0.5) is 0 Å². The van der Waals surface area contributed by atoms with E-state index in [-0.39, 0.29) is 0 Å². The van der Waals surface area contributed by atoms with Crippen molar-refractivity contribution >= 4 is 31.5 Å². The Morgan fingerprint density at radius 3 is 1.74 bits per heavy atom. The lowest BCUT2D eigenvalue weighted by Gasteiger charge is -2.11. The van der Waals surface area contributed by atoms with Gasteiger partial charge < -0.3 is 0 Å². The van der Waals surface area contributed by atoms with E-state index in [4.69, 9.17) is 9.97 Å². The quantitative estimate of drug-likeness (QED) is 0.208. The summed E-state index contributed by atoms with van der Waals surface area (Å²) in [6.45, 7) is 0. The van der Waals surface area contributed by atoms with Gasteiger partial charge in [-0.25, -0.2) is 9.97 Å². The van der Waals surface area contributed by atoms with Crippen LogP contribution in [0.25, 0.3) is 76.3 Å². The molecule has 0 spiro atoms. The Balaban J connectivity index is 1.25. The summed E-state index contributed by atoms with van der Waals surface area (Å²) >= 11 is 1.83. The number of thiophene rings is 1. The molecule has 5 aromatic carbocycles. The highest BCUT2D eigenvalue weighted by Crippen LogP contribution is 2.37. The topological polar surface area (TPSA) is 38.7 Å². The molecule has 3 aromatic heterocycles. The molecule has 0 atom stereocenters. The highest BCUT2D eigenvalue weighted by molar-refractivity contribution is 7.25. The first-order valence-corrected chi connectivity index (χ1v) is 15.1. The standard InChI is InChI=1S/C39H25N3S/c1-2-7-26(8-3-1)27-12-16-29(17-13-27)35-24-36(31-20-21-38-34(23-31)33-10-4-5-11-37(33)43-38)42-39(41-35)30-18-14-28(15-19-30)32-9-6-22-40-25-32/h1-25H. The average molecular weight is 568 g/mol. The smallest absolute Gasteiger partial charge is 0.160 e. The molecule has 4 heteroatoms. The SMILES string of the molecule is c1ccc(-c2ccc(-c3cc(-c4ccc5sc6ccccc6c5c4)nc(-c4ccc(-c5cccnc5)cc4)n3)cc2)cc1. The molecule has 0 saturated carbocycles. The van der Waals surface area contributed by atoms with E-state index in [2.05, 4.69) is 132 Å². The van der Waals surface area contributed by atoms with Crippen molar-refractivity contribution in [3.8, 4) is 56.2 Å². The van der Waals surface area contributed by atoms with Crippen LogP contribution in [0.15, 0.2) is 152 Å². The van der Waals surface area contributed by atoms with Crippen molar-refractivity contribution in [2.24, 2.45) is 0 Å². The van der Waals surface area contributed by atoms with Crippen molar-refractivity contribution < 1.29 is 0 Å². The fraction of sp³-hybridized carbons (Fsp3) is 0. The molecule has 0 aliphatic heterocycles. The zero-order valence-electron chi connectivity index (χ0n) is 23.2. The summed E-state index contributed by atoms with van der Waals surface area (Å²) in [5.74, 6) is 0.702. The minimum atomic E-state index is 0.702. The third-order valence-electron chi connectivity index (χ3n) is 7.82. The summed E-state index contributed by atoms with van der Waals surface area (Å²) in [4.78, 5) is 14.5. The van der Waals surface area contributed by atoms with Gasteiger partial charge in [0.15, 0.2) is 5.82 Å². The van der Waals surface area contributed by atoms with E-state index in [0.29, 0.717) is 5.82 Å². The number of fused-ring (bicyclic) bond motifs is 3. The van der Waals surface area contributed by atoms with E-state index in [1.807, 2.05) is 29.7 Å². The van der Waals surface area contributed by atoms with E-state index >= 15 is 0 Å². The minimum absolute atomic E-state index is 0.702. The fourth-order valence-corrected chi connectivity index (χ4v) is 6.65. The Hall–Kier alpha value is -5.45. The van der Waals surface area contributed by atoms with Gasteiger partial charge in [-0.3, -0.25) is 4.98 Å². The highest BCUT2D eigenvalue weighted by Gasteiger charge is 2.13. The van der Waals surface area contributed by atoms with Crippen LogP contribution in [0.1, 0.15) is 0 Å². The first kappa shape index (κ1) is 25.3. The van der Waals surface area contributed by atoms with Crippen molar-refractivity contribution in [1.82, 2.24) is 15.0 Å². The van der Waals surface area contributed by atoms with Gasteiger partial charge in [-0.15, -0.1) is 11.3 Å². The Morgan fingerprint density at radius 2 is 0.977 bits per heavy atom. The molecular formula is C39H25N3S. The van der Waals surface area contributed by atoms with E-state index in [1.165, 1.54) is 31.3 Å². The molecule has 8 aromatic rings. The third kappa shape index (κ3) is 4.88. The lowest BCUT2D eigenvalue weighted by atomic mass is 10.0. The number of benzene rings is 5. The number of pyridine rings is 1. The molecule has 3 nitrogen and oxygen atoms in total. The molecule has 0 unspecified atom stereocenters. The van der Waals surface area contributed by atoms with Crippen LogP contribution in [-0.4, -0.2) is 15.0 Å². The molecule has 0 N–H and O–H groups in total. The van der Waals surface area contributed by atoms with Crippen LogP contribution in [-0.2, 0) is 0 Å². The van der Waals surface area contributed by atoms with Crippen LogP contribution >= 0.6 is 11.3 Å². The molecule has 202 valence electrons. The van der Waals surface area contributed by atoms with Gasteiger partial charge in [-0.2, -0.15) is 0 Å². The summed E-state index contributed by atoms with van der Waals surface area (Å²) < 4.78 is 2.58. The van der Waals surface area contributed by atoms with Gasteiger partial charge in [0.1, 0.15) is 0 Å². The largest absolute Gasteiger partial charge is 0.264 e. The number of aromatic nitrogens is 3. The van der Waals surface area contributed by atoms with Gasteiger partial charge in [0.25, 0.3) is 0 Å². The maximum absolute atomic E-state index is 5.12. The number of rotatable bonds is 5. The first-order chi connectivity index (χ1) is 21.3. The Labute approximate surface area is 253 Å². The maximum Gasteiger partial charge on any atom is 0.160 e. The molecule has 0 aliphatic carbocycles. The van der Waals surface area contributed by atoms with E-state index in [0.717, 1.165) is 39.2 Å². The predicted molar refractivity (Wildman–Crippen MR) is 180 cm³/mol. The number of hydrogen-bond acceptors (Lipinski definition) is 4. The molecule has 0 bridgehead atoms. The van der Waals surface area contributed by atoms with Gasteiger partial charge in [0.05, 0.1) is 11.4 Å². The van der Waals surface area contributed by atoms with Crippen molar-refractivity contribution in [3.63, 3.8) is 0 Å². The Kier molecular flexibility index (Phi) is 6.32. The molecule has 0 fully saturated rings. The van der Waals surface area contributed by atoms with Gasteiger partial charge in [-0.1, -0.05) is 109 Å². The van der Waals surface area contributed by atoms with E-state index in [9.17, 15) is 0 Å². The van der Waals surface area contributed by atoms with Gasteiger partial charge in [0.2, 0.25) is 0 Å². The van der Waals surface area contributed by atoms with Crippen LogP contribution in [0, 0.1) is 0 Å². The molecule has 8 rings (SSSR count). The van der Waals surface area contributed by atoms with Crippen molar-refractivity contribution in [1.29, 1.82) is 0 Å². The lowest BCUT2D eigenvalue weighted by Crippen LogP contribution is -1.96. The fourth-order valence-electron chi connectivity index (χ4n) is 5.57. The zero-order valence-corrected chi connectivity index (χ0v) is 24.0. The average Bonchev–Trinajstić information content (AvgIpc) is 3.47. The summed E-state index contributed by atoms with van der Waals surface area (Å²) in [6, 6.07) is 48.9. The number of hydrogen-bond donors (Lipinski definition) is 0. The Bertz CT molecular complexity index is 2100. The second-order valence-electron chi connectivity index (χ2n) is 10.5. The summed E-state index contributed by atoms with van der Waals surface area (Å²) in [5.41, 5.74) is 9.47. The highest BCUT2D eigenvalue weighted by atomic mass is 32.1. The second-order valence-corrected chi connectivity index (χ2v) is 11.6. The van der Waals surface area contributed by atoms with Gasteiger partial charge in [-0.05, 0) is 52.6 Å². The Morgan fingerprint density at radius 1 is 0.395 bits per heavy atom. The first-order valence-electron chi connectivity index (χ1n) is 14.3. The summed E-state index contributed by atoms with van der Waals surface area (Å²) in [6.07, 6.45) is 3.68. The van der Waals surface area contributed by atoms with Crippen LogP contribution < -0.4 is 0 Å². The maximum atomic E-state index is 5.12. The molecule has 0 aliphatic rings. The van der Waals surface area contributed by atoms with E-state index < -0.39 is 0 Å². The molecule has 0 saturated heterocycles. The number of nitrogens with zero attached hydrogens (tertiary/aromatic N) is 3. The van der Waals surface area contributed by atoms with Gasteiger partial charge >= 0.3 is 0 Å². The molecule has 0 radical (unpaired) electrons. The molecule has 43 heavy (non-hydrogen) atoms. The normalized spacial score (nSPS) is 11.3. The monoisotopic (exact) mass is 567 g/mol. The molecular weight excluding hydrogens is 543 g/mol. The summed E-state index contributed by atoms with van der Waals surface area (Å²) in [5, 5.41) is 2.54. The van der Waals surface area contributed by atoms with E-state index in [1.54, 1.807) is 6.20 Å². The van der Waals surface area contributed by atoms with Crippen molar-refractivity contribution in [2.75, 3.05) is 0 Å². The molecule has 0 amide bonds. The molecule has 3 heterocycles. The minimum Gasteiger partial charge on any atom is -0.264 e. The second kappa shape index (κ2) is 10.8. The van der Waals surface area contributed by atoms with Gasteiger partial charge in [0, 0.05) is 49.3 Å².